The molecule has 152 valence electrons. The van der Waals surface area contributed by atoms with E-state index in [1.54, 1.807) is 12.1 Å². The van der Waals surface area contributed by atoms with Gasteiger partial charge in [0.2, 0.25) is 11.8 Å². The minimum Gasteiger partial charge on any atom is -0.496 e. The van der Waals surface area contributed by atoms with Crippen molar-refractivity contribution in [1.82, 2.24) is 5.01 Å². The maximum Gasteiger partial charge on any atom is 0.240 e. The van der Waals surface area contributed by atoms with E-state index in [0.29, 0.717) is 12.1 Å². The Morgan fingerprint density at radius 3 is 2.50 bits per heavy atom. The van der Waals surface area contributed by atoms with E-state index in [1.165, 1.54) is 13.8 Å². The smallest absolute Gasteiger partial charge is 0.240 e. The molecule has 1 N–H and O–H groups in total. The van der Waals surface area contributed by atoms with Crippen LogP contribution in [0.1, 0.15) is 37.4 Å². The van der Waals surface area contributed by atoms with Gasteiger partial charge in [-0.1, -0.05) is 42.5 Å². The number of hydrogen-bond donors (Lipinski definition) is 1. The largest absolute Gasteiger partial charge is 0.496 e. The van der Waals surface area contributed by atoms with E-state index in [-0.39, 0.29) is 17.9 Å². The fourth-order valence-corrected chi connectivity index (χ4v) is 3.96. The maximum atomic E-state index is 12.4. The number of hydrogen-bond acceptors (Lipinski definition) is 4. The molecule has 6 nitrogen and oxygen atoms in total. The van der Waals surface area contributed by atoms with Gasteiger partial charge in [0.15, 0.2) is 0 Å². The summed E-state index contributed by atoms with van der Waals surface area (Å²) < 4.78 is 5.51. The Kier molecular flexibility index (Phi) is 5.23. The van der Waals surface area contributed by atoms with E-state index in [2.05, 4.69) is 10.4 Å². The molecule has 1 aliphatic heterocycles. The second kappa shape index (κ2) is 7.99. The summed E-state index contributed by atoms with van der Waals surface area (Å²) in [4.78, 5) is 23.8. The number of fused-ring (bicyclic) bond motifs is 1. The topological polar surface area (TPSA) is 71.0 Å². The molecule has 0 unspecified atom stereocenters. The Hall–Kier alpha value is -3.67. The molecular formula is C24H23N3O3. The second-order valence-electron chi connectivity index (χ2n) is 7.29. The third-order valence-corrected chi connectivity index (χ3v) is 5.25. The van der Waals surface area contributed by atoms with Crippen LogP contribution in [0.2, 0.25) is 0 Å². The van der Waals surface area contributed by atoms with Crippen molar-refractivity contribution < 1.29 is 14.3 Å². The van der Waals surface area contributed by atoms with Gasteiger partial charge in [-0.05, 0) is 34.7 Å². The van der Waals surface area contributed by atoms with Crippen molar-refractivity contribution in [2.75, 3.05) is 12.4 Å². The molecule has 3 aromatic carbocycles. The normalized spacial score (nSPS) is 15.8. The van der Waals surface area contributed by atoms with Gasteiger partial charge >= 0.3 is 0 Å². The lowest BCUT2D eigenvalue weighted by atomic mass is 9.93. The molecular weight excluding hydrogens is 378 g/mol. The Balaban J connectivity index is 1.75. The van der Waals surface area contributed by atoms with E-state index >= 15 is 0 Å². The molecule has 1 heterocycles. The zero-order chi connectivity index (χ0) is 21.3. The summed E-state index contributed by atoms with van der Waals surface area (Å²) in [6, 6.07) is 19.3. The van der Waals surface area contributed by atoms with Crippen molar-refractivity contribution in [1.29, 1.82) is 0 Å². The van der Waals surface area contributed by atoms with Gasteiger partial charge in [-0.15, -0.1) is 0 Å². The Labute approximate surface area is 175 Å². The Morgan fingerprint density at radius 1 is 1.03 bits per heavy atom. The summed E-state index contributed by atoms with van der Waals surface area (Å²) in [6.07, 6.45) is 0.583. The van der Waals surface area contributed by atoms with Gasteiger partial charge in [0.1, 0.15) is 5.75 Å². The number of carbonyl (C=O) groups is 2. The lowest BCUT2D eigenvalue weighted by molar-refractivity contribution is -0.130. The van der Waals surface area contributed by atoms with Crippen molar-refractivity contribution in [2.45, 2.75) is 26.3 Å². The first-order valence-corrected chi connectivity index (χ1v) is 9.79. The molecule has 2 amide bonds. The molecule has 1 aliphatic rings. The predicted molar refractivity (Wildman–Crippen MR) is 118 cm³/mol. The number of nitrogens with one attached hydrogen (secondary N) is 1. The number of amides is 2. The zero-order valence-corrected chi connectivity index (χ0v) is 17.2. The van der Waals surface area contributed by atoms with E-state index in [4.69, 9.17) is 4.74 Å². The van der Waals surface area contributed by atoms with Crippen molar-refractivity contribution >= 4 is 34.0 Å². The van der Waals surface area contributed by atoms with Crippen LogP contribution in [0.4, 0.5) is 5.69 Å². The van der Waals surface area contributed by atoms with E-state index in [9.17, 15) is 9.59 Å². The van der Waals surface area contributed by atoms with Crippen LogP contribution < -0.4 is 10.1 Å². The SMILES string of the molecule is COc1ccc([C@@H]2CC(c3cccc(NC(C)=O)c3)=NN2C(C)=O)c2ccccc12. The molecule has 0 saturated carbocycles. The van der Waals surface area contributed by atoms with Crippen molar-refractivity contribution in [3.05, 3.63) is 71.8 Å². The monoisotopic (exact) mass is 401 g/mol. The van der Waals surface area contributed by atoms with Gasteiger partial charge in [0, 0.05) is 31.3 Å². The van der Waals surface area contributed by atoms with Crippen LogP contribution in [0.25, 0.3) is 10.8 Å². The van der Waals surface area contributed by atoms with Gasteiger partial charge in [-0.2, -0.15) is 5.10 Å². The fourth-order valence-electron chi connectivity index (χ4n) is 3.96. The molecule has 0 saturated heterocycles. The molecule has 0 bridgehead atoms. The number of hydrazone groups is 1. The molecule has 1 atom stereocenters. The van der Waals surface area contributed by atoms with Crippen LogP contribution in [0, 0.1) is 0 Å². The summed E-state index contributed by atoms with van der Waals surface area (Å²) in [6.45, 7) is 3.00. The standard InChI is InChI=1S/C24H23N3O3/c1-15(28)25-18-8-6-7-17(13-18)22-14-23(27(26-22)16(2)29)20-11-12-24(30-3)21-10-5-4-9-19(20)21/h4-13,23H,14H2,1-3H3,(H,25,28)/t23-/m0/s1. The van der Waals surface area contributed by atoms with Crippen LogP contribution >= 0.6 is 0 Å². The van der Waals surface area contributed by atoms with E-state index in [0.717, 1.165) is 33.4 Å². The molecule has 3 aromatic rings. The number of ether oxygens (including phenoxy) is 1. The van der Waals surface area contributed by atoms with Gasteiger partial charge in [-0.3, -0.25) is 9.59 Å². The molecule has 0 fully saturated rings. The van der Waals surface area contributed by atoms with Gasteiger partial charge in [0.05, 0.1) is 18.9 Å². The van der Waals surface area contributed by atoms with Gasteiger partial charge < -0.3 is 10.1 Å². The van der Waals surface area contributed by atoms with Crippen LogP contribution in [0.15, 0.2) is 65.8 Å². The molecule has 0 aliphatic carbocycles. The molecule has 0 spiro atoms. The third-order valence-electron chi connectivity index (χ3n) is 5.25. The van der Waals surface area contributed by atoms with Crippen molar-refractivity contribution in [3.63, 3.8) is 0 Å². The summed E-state index contributed by atoms with van der Waals surface area (Å²) >= 11 is 0. The number of carbonyl (C=O) groups excluding carboxylic acids is 2. The summed E-state index contributed by atoms with van der Waals surface area (Å²) in [5, 5.41) is 11.0. The lowest BCUT2D eigenvalue weighted by Crippen LogP contribution is -2.24. The average molecular weight is 401 g/mol. The first kappa shape index (κ1) is 19.6. The van der Waals surface area contributed by atoms with Crippen LogP contribution in [-0.4, -0.2) is 29.6 Å². The number of anilines is 1. The quantitative estimate of drug-likeness (QED) is 0.699. The number of benzene rings is 3. The molecule has 4 rings (SSSR count). The maximum absolute atomic E-state index is 12.4. The predicted octanol–water partition coefficient (Wildman–Crippen LogP) is 4.50. The van der Waals surface area contributed by atoms with Crippen LogP contribution in [-0.2, 0) is 9.59 Å². The number of rotatable bonds is 4. The van der Waals surface area contributed by atoms with E-state index < -0.39 is 0 Å². The third kappa shape index (κ3) is 3.64. The highest BCUT2D eigenvalue weighted by atomic mass is 16.5. The first-order valence-electron chi connectivity index (χ1n) is 9.79. The fraction of sp³-hybridized carbons (Fsp3) is 0.208. The van der Waals surface area contributed by atoms with Gasteiger partial charge in [0.25, 0.3) is 0 Å². The number of methoxy groups -OCH3 is 1. The second-order valence-corrected chi connectivity index (χ2v) is 7.29. The minimum absolute atomic E-state index is 0.118. The van der Waals surface area contributed by atoms with E-state index in [1.807, 2.05) is 60.7 Å². The van der Waals surface area contributed by atoms with Crippen molar-refractivity contribution in [2.24, 2.45) is 5.10 Å². The summed E-state index contributed by atoms with van der Waals surface area (Å²) in [7, 11) is 1.65. The molecule has 6 heteroatoms. The highest BCUT2D eigenvalue weighted by Crippen LogP contribution is 2.39. The molecule has 30 heavy (non-hydrogen) atoms. The van der Waals surface area contributed by atoms with Crippen LogP contribution in [0.3, 0.4) is 0 Å². The average Bonchev–Trinajstić information content (AvgIpc) is 3.18. The summed E-state index contributed by atoms with van der Waals surface area (Å²) in [5.74, 6) is 0.548. The number of nitrogens with zero attached hydrogens (tertiary/aromatic N) is 2. The van der Waals surface area contributed by atoms with Crippen LogP contribution in [0.5, 0.6) is 5.75 Å². The first-order chi connectivity index (χ1) is 14.5. The van der Waals surface area contributed by atoms with Gasteiger partial charge in [-0.25, -0.2) is 5.01 Å². The highest BCUT2D eigenvalue weighted by molar-refractivity contribution is 6.05. The molecule has 0 radical (unpaired) electrons. The minimum atomic E-state index is -0.210. The Bertz CT molecular complexity index is 1170. The summed E-state index contributed by atoms with van der Waals surface area (Å²) in [5.41, 5.74) is 3.42. The molecule has 0 aromatic heterocycles. The lowest BCUT2D eigenvalue weighted by Gasteiger charge is -2.22. The Morgan fingerprint density at radius 2 is 1.80 bits per heavy atom. The van der Waals surface area contributed by atoms with Crippen molar-refractivity contribution in [3.8, 4) is 5.75 Å². The zero-order valence-electron chi connectivity index (χ0n) is 17.2. The highest BCUT2D eigenvalue weighted by Gasteiger charge is 2.32.